The van der Waals surface area contributed by atoms with E-state index >= 15 is 0 Å². The largest absolute Gasteiger partial charge is 0.469 e. The van der Waals surface area contributed by atoms with Gasteiger partial charge in [-0.15, -0.1) is 0 Å². The van der Waals surface area contributed by atoms with Crippen LogP contribution in [0.1, 0.15) is 35.2 Å². The highest BCUT2D eigenvalue weighted by atomic mass is 16.5. The van der Waals surface area contributed by atoms with Crippen molar-refractivity contribution >= 4 is 11.9 Å². The van der Waals surface area contributed by atoms with Crippen LogP contribution in [0.25, 0.3) is 0 Å². The van der Waals surface area contributed by atoms with Crippen molar-refractivity contribution in [2.45, 2.75) is 19.3 Å². The molecule has 0 bridgehead atoms. The maximum atomic E-state index is 12.5. The van der Waals surface area contributed by atoms with Crippen molar-refractivity contribution in [2.75, 3.05) is 20.2 Å². The smallest absolute Gasteiger partial charge is 0.309 e. The monoisotopic (exact) mass is 298 g/mol. The molecule has 1 atom stereocenters. The van der Waals surface area contributed by atoms with Crippen LogP contribution in [0.5, 0.6) is 0 Å². The van der Waals surface area contributed by atoms with Gasteiger partial charge < -0.3 is 9.64 Å². The van der Waals surface area contributed by atoms with Gasteiger partial charge >= 0.3 is 5.97 Å². The number of benzene rings is 1. The van der Waals surface area contributed by atoms with Crippen LogP contribution in [-0.4, -0.2) is 37.0 Å². The van der Waals surface area contributed by atoms with Gasteiger partial charge in [-0.3, -0.25) is 9.59 Å². The van der Waals surface area contributed by atoms with Gasteiger partial charge in [0.25, 0.3) is 5.91 Å². The first-order valence-corrected chi connectivity index (χ1v) is 7.47. The van der Waals surface area contributed by atoms with E-state index < -0.39 is 0 Å². The minimum Gasteiger partial charge on any atom is -0.469 e. The minimum absolute atomic E-state index is 0.00499. The summed E-state index contributed by atoms with van der Waals surface area (Å²) in [5.41, 5.74) is 1.22. The maximum Gasteiger partial charge on any atom is 0.309 e. The third kappa shape index (κ3) is 2.45. The fourth-order valence-corrected chi connectivity index (χ4v) is 3.40. The van der Waals surface area contributed by atoms with Crippen LogP contribution in [0.3, 0.4) is 0 Å². The second-order valence-corrected chi connectivity index (χ2v) is 6.12. The number of carbonyl (C=O) groups is 2. The van der Waals surface area contributed by atoms with Gasteiger partial charge in [-0.25, -0.2) is 0 Å². The zero-order valence-corrected chi connectivity index (χ0v) is 12.5. The molecule has 1 heterocycles. The molecule has 2 fully saturated rings. The Morgan fingerprint density at radius 3 is 2.45 bits per heavy atom. The lowest BCUT2D eigenvalue weighted by molar-refractivity contribution is -0.143. The van der Waals surface area contributed by atoms with Crippen molar-refractivity contribution < 1.29 is 14.3 Å². The quantitative estimate of drug-likeness (QED) is 0.783. The number of carbonyl (C=O) groups excluding carboxylic acids is 2. The number of nitriles is 1. The van der Waals surface area contributed by atoms with Crippen LogP contribution in [0, 0.1) is 22.7 Å². The molecular weight excluding hydrogens is 280 g/mol. The van der Waals surface area contributed by atoms with Crippen molar-refractivity contribution in [1.29, 1.82) is 5.26 Å². The Kier molecular flexibility index (Phi) is 3.61. The predicted molar refractivity (Wildman–Crippen MR) is 78.9 cm³/mol. The Bertz CT molecular complexity index is 637. The van der Waals surface area contributed by atoms with Crippen molar-refractivity contribution in [3.05, 3.63) is 35.4 Å². The Balaban J connectivity index is 1.61. The Labute approximate surface area is 129 Å². The SMILES string of the molecule is COC(=O)C1CC12CCN(C(=O)c1ccc(C#N)cc1)CC2. The van der Waals surface area contributed by atoms with E-state index in [1.807, 2.05) is 11.0 Å². The summed E-state index contributed by atoms with van der Waals surface area (Å²) in [6, 6.07) is 8.75. The Morgan fingerprint density at radius 2 is 1.91 bits per heavy atom. The van der Waals surface area contributed by atoms with E-state index in [4.69, 9.17) is 10.00 Å². The first-order chi connectivity index (χ1) is 10.6. The molecule has 1 unspecified atom stereocenters. The summed E-state index contributed by atoms with van der Waals surface area (Å²) >= 11 is 0. The Hall–Kier alpha value is -2.35. The normalized spacial score (nSPS) is 22.0. The highest BCUT2D eigenvalue weighted by molar-refractivity contribution is 5.94. The highest BCUT2D eigenvalue weighted by Crippen LogP contribution is 2.59. The summed E-state index contributed by atoms with van der Waals surface area (Å²) in [4.78, 5) is 25.9. The number of hydrogen-bond donors (Lipinski definition) is 0. The molecule has 3 rings (SSSR count). The number of likely N-dealkylation sites (tertiary alicyclic amines) is 1. The number of nitrogens with zero attached hydrogens (tertiary/aromatic N) is 2. The van der Waals surface area contributed by atoms with E-state index in [1.54, 1.807) is 24.3 Å². The molecule has 0 radical (unpaired) electrons. The number of amides is 1. The number of esters is 1. The van der Waals surface area contributed by atoms with Gasteiger partial charge in [-0.1, -0.05) is 0 Å². The average Bonchev–Trinajstić information content (AvgIpc) is 3.27. The standard InChI is InChI=1S/C17H18N2O3/c1-22-16(21)14-10-17(14)6-8-19(9-7-17)15(20)13-4-2-12(11-18)3-5-13/h2-5,14H,6-10H2,1H3. The van der Waals surface area contributed by atoms with E-state index in [2.05, 4.69) is 0 Å². The third-order valence-electron chi connectivity index (χ3n) is 4.98. The number of hydrogen-bond acceptors (Lipinski definition) is 4. The van der Waals surface area contributed by atoms with E-state index in [9.17, 15) is 9.59 Å². The van der Waals surface area contributed by atoms with Gasteiger partial charge in [-0.2, -0.15) is 5.26 Å². The molecule has 1 aromatic carbocycles. The number of methoxy groups -OCH3 is 1. The molecule has 114 valence electrons. The first-order valence-electron chi connectivity index (χ1n) is 7.47. The Morgan fingerprint density at radius 1 is 1.27 bits per heavy atom. The number of ether oxygens (including phenoxy) is 1. The molecule has 2 aliphatic rings. The lowest BCUT2D eigenvalue weighted by atomic mass is 9.90. The molecule has 1 aliphatic carbocycles. The van der Waals surface area contributed by atoms with Gasteiger partial charge in [0, 0.05) is 18.7 Å². The summed E-state index contributed by atoms with van der Waals surface area (Å²) in [5, 5.41) is 8.79. The summed E-state index contributed by atoms with van der Waals surface area (Å²) in [5.74, 6) is -0.105. The fraction of sp³-hybridized carbons (Fsp3) is 0.471. The molecule has 1 saturated heterocycles. The second-order valence-electron chi connectivity index (χ2n) is 6.12. The molecule has 1 aliphatic heterocycles. The van der Waals surface area contributed by atoms with Gasteiger partial charge in [0.2, 0.25) is 0 Å². The molecule has 0 N–H and O–H groups in total. The average molecular weight is 298 g/mol. The summed E-state index contributed by atoms with van der Waals surface area (Å²) < 4.78 is 4.82. The van der Waals surface area contributed by atoms with Crippen LogP contribution in [0.2, 0.25) is 0 Å². The zero-order valence-electron chi connectivity index (χ0n) is 12.5. The second kappa shape index (κ2) is 5.45. The molecular formula is C17H18N2O3. The van der Waals surface area contributed by atoms with Crippen molar-refractivity contribution in [1.82, 2.24) is 4.90 Å². The van der Waals surface area contributed by atoms with Crippen molar-refractivity contribution in [2.24, 2.45) is 11.3 Å². The molecule has 5 nitrogen and oxygen atoms in total. The van der Waals surface area contributed by atoms with Gasteiger partial charge in [0.15, 0.2) is 0 Å². The van der Waals surface area contributed by atoms with Gasteiger partial charge in [0.05, 0.1) is 24.7 Å². The molecule has 0 aromatic heterocycles. The maximum absolute atomic E-state index is 12.5. The number of piperidine rings is 1. The fourth-order valence-electron chi connectivity index (χ4n) is 3.40. The van der Waals surface area contributed by atoms with E-state index in [0.717, 1.165) is 19.3 Å². The van der Waals surface area contributed by atoms with Crippen molar-refractivity contribution in [3.8, 4) is 6.07 Å². The third-order valence-corrected chi connectivity index (χ3v) is 4.98. The summed E-state index contributed by atoms with van der Waals surface area (Å²) in [6.45, 7) is 1.35. The molecule has 1 aromatic rings. The lowest BCUT2D eigenvalue weighted by Crippen LogP contribution is -2.40. The first kappa shape index (κ1) is 14.6. The topological polar surface area (TPSA) is 70.4 Å². The molecule has 1 spiro atoms. The van der Waals surface area contributed by atoms with Crippen molar-refractivity contribution in [3.63, 3.8) is 0 Å². The van der Waals surface area contributed by atoms with E-state index in [1.165, 1.54) is 7.11 Å². The van der Waals surface area contributed by atoms with Crippen LogP contribution in [0.15, 0.2) is 24.3 Å². The highest BCUT2D eigenvalue weighted by Gasteiger charge is 2.59. The van der Waals surface area contributed by atoms with Crippen LogP contribution in [0.4, 0.5) is 0 Å². The lowest BCUT2D eigenvalue weighted by Gasteiger charge is -2.32. The molecule has 1 amide bonds. The summed E-state index contributed by atoms with van der Waals surface area (Å²) in [7, 11) is 1.43. The van der Waals surface area contributed by atoms with Gasteiger partial charge in [0.1, 0.15) is 0 Å². The zero-order chi connectivity index (χ0) is 15.7. The predicted octanol–water partition coefficient (Wildman–Crippen LogP) is 1.97. The van der Waals surface area contributed by atoms with Crippen LogP contribution in [-0.2, 0) is 9.53 Å². The summed E-state index contributed by atoms with van der Waals surface area (Å²) in [6.07, 6.45) is 2.60. The van der Waals surface area contributed by atoms with Gasteiger partial charge in [-0.05, 0) is 48.9 Å². The van der Waals surface area contributed by atoms with E-state index in [0.29, 0.717) is 24.2 Å². The van der Waals surface area contributed by atoms with E-state index in [-0.39, 0.29) is 23.2 Å². The molecule has 5 heteroatoms. The minimum atomic E-state index is -0.119. The molecule has 22 heavy (non-hydrogen) atoms. The van der Waals surface area contributed by atoms with Crippen LogP contribution < -0.4 is 0 Å². The number of rotatable bonds is 2. The van der Waals surface area contributed by atoms with Crippen LogP contribution >= 0.6 is 0 Å². The molecule has 1 saturated carbocycles.